The van der Waals surface area contributed by atoms with Gasteiger partial charge in [-0.2, -0.15) is 5.10 Å². The van der Waals surface area contributed by atoms with Crippen molar-refractivity contribution in [3.8, 4) is 0 Å². The zero-order valence-corrected chi connectivity index (χ0v) is 16.7. The molecular formula is C17H25IN6. The Labute approximate surface area is 160 Å². The predicted octanol–water partition coefficient (Wildman–Crippen LogP) is 2.35. The van der Waals surface area contributed by atoms with Gasteiger partial charge in [-0.25, -0.2) is 9.98 Å². The summed E-state index contributed by atoms with van der Waals surface area (Å²) in [4.78, 5) is 8.82. The van der Waals surface area contributed by atoms with Crippen LogP contribution in [0.3, 0.4) is 0 Å². The Morgan fingerprint density at radius 1 is 1.38 bits per heavy atom. The van der Waals surface area contributed by atoms with E-state index in [4.69, 9.17) is 0 Å². The Bertz CT molecular complexity index is 696. The van der Waals surface area contributed by atoms with Crippen LogP contribution in [0.1, 0.15) is 36.2 Å². The highest BCUT2D eigenvalue weighted by molar-refractivity contribution is 14.0. The van der Waals surface area contributed by atoms with Gasteiger partial charge in [0.1, 0.15) is 18.7 Å². The highest BCUT2D eigenvalue weighted by atomic mass is 127. The molecule has 2 unspecified atom stereocenters. The van der Waals surface area contributed by atoms with E-state index in [9.17, 15) is 0 Å². The summed E-state index contributed by atoms with van der Waals surface area (Å²) in [5, 5.41) is 10.9. The third-order valence-corrected chi connectivity index (χ3v) is 4.23. The van der Waals surface area contributed by atoms with Crippen LogP contribution in [-0.4, -0.2) is 33.3 Å². The molecule has 6 nitrogen and oxygen atoms in total. The van der Waals surface area contributed by atoms with Gasteiger partial charge in [0.25, 0.3) is 0 Å². The molecule has 0 amide bonds. The van der Waals surface area contributed by atoms with Crippen LogP contribution in [0.2, 0.25) is 0 Å². The Morgan fingerprint density at radius 3 is 2.83 bits per heavy atom. The van der Waals surface area contributed by atoms with Crippen molar-refractivity contribution < 1.29 is 0 Å². The molecular weight excluding hydrogens is 415 g/mol. The number of nitrogens with zero attached hydrogens (tertiary/aromatic N) is 4. The van der Waals surface area contributed by atoms with Gasteiger partial charge in [0.2, 0.25) is 0 Å². The molecule has 24 heavy (non-hydrogen) atoms. The van der Waals surface area contributed by atoms with Crippen LogP contribution in [0, 0.1) is 6.92 Å². The molecule has 2 N–H and O–H groups in total. The first-order valence-electron chi connectivity index (χ1n) is 8.12. The van der Waals surface area contributed by atoms with Crippen LogP contribution < -0.4 is 10.6 Å². The lowest BCUT2D eigenvalue weighted by molar-refractivity contribution is 0.696. The molecule has 2 aromatic rings. The minimum atomic E-state index is 0. The van der Waals surface area contributed by atoms with Crippen molar-refractivity contribution in [1.82, 2.24) is 25.4 Å². The lowest BCUT2D eigenvalue weighted by Crippen LogP contribution is -2.39. The van der Waals surface area contributed by atoms with E-state index in [-0.39, 0.29) is 24.0 Å². The molecule has 1 aliphatic carbocycles. The number of halogens is 1. The minimum Gasteiger partial charge on any atom is -0.357 e. The van der Waals surface area contributed by atoms with E-state index >= 15 is 0 Å². The number of aliphatic imine (C=N–C) groups is 1. The fourth-order valence-corrected chi connectivity index (χ4v) is 2.81. The second kappa shape index (κ2) is 8.46. The summed E-state index contributed by atoms with van der Waals surface area (Å²) in [6.07, 6.45) is 2.71. The highest BCUT2D eigenvalue weighted by Gasteiger charge is 2.39. The molecule has 7 heteroatoms. The minimum absolute atomic E-state index is 0. The zero-order valence-electron chi connectivity index (χ0n) is 14.4. The van der Waals surface area contributed by atoms with Gasteiger partial charge in [-0.05, 0) is 31.4 Å². The fourth-order valence-electron chi connectivity index (χ4n) is 2.81. The van der Waals surface area contributed by atoms with Gasteiger partial charge >= 0.3 is 0 Å². The molecule has 0 bridgehead atoms. The second-order valence-corrected chi connectivity index (χ2v) is 5.94. The summed E-state index contributed by atoms with van der Waals surface area (Å²) < 4.78 is 1.75. The molecule has 1 heterocycles. The number of rotatable bonds is 5. The Morgan fingerprint density at radius 2 is 2.17 bits per heavy atom. The van der Waals surface area contributed by atoms with Crippen molar-refractivity contribution in [1.29, 1.82) is 0 Å². The van der Waals surface area contributed by atoms with E-state index in [0.29, 0.717) is 18.5 Å². The van der Waals surface area contributed by atoms with Gasteiger partial charge in [0.15, 0.2) is 5.96 Å². The van der Waals surface area contributed by atoms with E-state index < -0.39 is 0 Å². The Balaban J connectivity index is 0.00000208. The summed E-state index contributed by atoms with van der Waals surface area (Å²) >= 11 is 0. The third-order valence-electron chi connectivity index (χ3n) is 4.23. The van der Waals surface area contributed by atoms with Crippen molar-refractivity contribution in [3.63, 3.8) is 0 Å². The maximum atomic E-state index is 4.62. The maximum Gasteiger partial charge on any atom is 0.191 e. The van der Waals surface area contributed by atoms with Gasteiger partial charge < -0.3 is 10.6 Å². The molecule has 2 atom stereocenters. The number of nitrogens with one attached hydrogen (secondary N) is 2. The first kappa shape index (κ1) is 18.7. The van der Waals surface area contributed by atoms with E-state index in [1.165, 1.54) is 11.1 Å². The molecule has 1 fully saturated rings. The molecule has 0 radical (unpaired) electrons. The Hall–Kier alpha value is -1.64. The van der Waals surface area contributed by atoms with Crippen molar-refractivity contribution in [2.24, 2.45) is 12.0 Å². The number of aromatic nitrogens is 3. The summed E-state index contributed by atoms with van der Waals surface area (Å²) in [7, 11) is 1.88. The van der Waals surface area contributed by atoms with Crippen LogP contribution in [0.5, 0.6) is 0 Å². The first-order chi connectivity index (χ1) is 11.2. The van der Waals surface area contributed by atoms with Crippen LogP contribution in [0.25, 0.3) is 0 Å². The van der Waals surface area contributed by atoms with E-state index in [2.05, 4.69) is 63.8 Å². The van der Waals surface area contributed by atoms with Crippen LogP contribution in [-0.2, 0) is 13.6 Å². The monoisotopic (exact) mass is 440 g/mol. The van der Waals surface area contributed by atoms with Gasteiger partial charge in [-0.3, -0.25) is 4.68 Å². The van der Waals surface area contributed by atoms with Gasteiger partial charge in [-0.1, -0.05) is 24.3 Å². The van der Waals surface area contributed by atoms with E-state index in [1.54, 1.807) is 11.0 Å². The molecule has 1 saturated carbocycles. The summed E-state index contributed by atoms with van der Waals surface area (Å²) in [5.41, 5.74) is 2.80. The van der Waals surface area contributed by atoms with Gasteiger partial charge in [0.05, 0.1) is 0 Å². The average molecular weight is 440 g/mol. The smallest absolute Gasteiger partial charge is 0.191 e. The first-order valence-corrected chi connectivity index (χ1v) is 8.12. The van der Waals surface area contributed by atoms with Crippen LogP contribution in [0.4, 0.5) is 0 Å². The normalized spacial score (nSPS) is 19.5. The standard InChI is InChI=1S/C17H24N6.HI/c1-4-18-17(19-10-16-20-11-21-23(16)3)22-15-9-14(15)13-8-6-5-7-12(13)2;/h5-8,11,14-15H,4,9-10H2,1-3H3,(H2,18,19,22);1H. The number of aryl methyl sites for hydroxylation is 2. The van der Waals surface area contributed by atoms with Gasteiger partial charge in [-0.15, -0.1) is 24.0 Å². The summed E-state index contributed by atoms with van der Waals surface area (Å²) in [6, 6.07) is 9.07. The predicted molar refractivity (Wildman–Crippen MR) is 107 cm³/mol. The number of hydrogen-bond acceptors (Lipinski definition) is 3. The molecule has 130 valence electrons. The maximum absolute atomic E-state index is 4.62. The summed E-state index contributed by atoms with van der Waals surface area (Å²) in [5.74, 6) is 2.28. The SMILES string of the molecule is CCNC(=NCc1ncnn1C)NC1CC1c1ccccc1C.I. The van der Waals surface area contributed by atoms with Gasteiger partial charge in [0, 0.05) is 25.6 Å². The summed E-state index contributed by atoms with van der Waals surface area (Å²) in [6.45, 7) is 5.61. The van der Waals surface area contributed by atoms with Crippen molar-refractivity contribution in [2.75, 3.05) is 6.54 Å². The van der Waals surface area contributed by atoms with Crippen LogP contribution >= 0.6 is 24.0 Å². The number of hydrogen-bond donors (Lipinski definition) is 2. The molecule has 0 aliphatic heterocycles. The van der Waals surface area contributed by atoms with Crippen molar-refractivity contribution in [3.05, 3.63) is 47.5 Å². The fraction of sp³-hybridized carbons (Fsp3) is 0.471. The average Bonchev–Trinajstić information content (AvgIpc) is 3.17. The lowest BCUT2D eigenvalue weighted by atomic mass is 10.0. The zero-order chi connectivity index (χ0) is 16.2. The van der Waals surface area contributed by atoms with Crippen molar-refractivity contribution >= 4 is 29.9 Å². The third kappa shape index (κ3) is 4.46. The van der Waals surface area contributed by atoms with Crippen LogP contribution in [0.15, 0.2) is 35.6 Å². The molecule has 0 saturated heterocycles. The highest BCUT2D eigenvalue weighted by Crippen LogP contribution is 2.41. The topological polar surface area (TPSA) is 67.1 Å². The largest absolute Gasteiger partial charge is 0.357 e. The van der Waals surface area contributed by atoms with Crippen molar-refractivity contribution in [2.45, 2.75) is 38.8 Å². The number of benzene rings is 1. The van der Waals surface area contributed by atoms with E-state index in [1.807, 2.05) is 7.05 Å². The lowest BCUT2D eigenvalue weighted by Gasteiger charge is -2.12. The second-order valence-electron chi connectivity index (χ2n) is 5.94. The molecule has 1 aromatic carbocycles. The quantitative estimate of drug-likeness (QED) is 0.426. The molecule has 1 aromatic heterocycles. The molecule has 3 rings (SSSR count). The van der Waals surface area contributed by atoms with E-state index in [0.717, 1.165) is 24.7 Å². The number of guanidine groups is 1. The Kier molecular flexibility index (Phi) is 6.59. The molecule has 0 spiro atoms. The molecule has 1 aliphatic rings.